The highest BCUT2D eigenvalue weighted by molar-refractivity contribution is 6.11. The predicted molar refractivity (Wildman–Crippen MR) is 185 cm³/mol. The monoisotopic (exact) mass is 574 g/mol. The van der Waals surface area contributed by atoms with Gasteiger partial charge in [-0.05, 0) is 107 Å². The molecular formula is C42H26N2O. The van der Waals surface area contributed by atoms with Crippen LogP contribution >= 0.6 is 0 Å². The molecule has 3 nitrogen and oxygen atoms in total. The summed E-state index contributed by atoms with van der Waals surface area (Å²) in [6.07, 6.45) is 2.78. The second kappa shape index (κ2) is 9.28. The van der Waals surface area contributed by atoms with E-state index < -0.39 is 0 Å². The summed E-state index contributed by atoms with van der Waals surface area (Å²) < 4.78 is 8.52. The quantitative estimate of drug-likeness (QED) is 0.210. The normalized spacial score (nSPS) is 12.4. The van der Waals surface area contributed by atoms with Crippen LogP contribution in [0.3, 0.4) is 0 Å². The number of nitrogens with zero attached hydrogens (tertiary/aromatic N) is 2. The zero-order valence-electron chi connectivity index (χ0n) is 24.4. The molecule has 0 bridgehead atoms. The van der Waals surface area contributed by atoms with Crippen LogP contribution in [0, 0.1) is 0 Å². The largest absolute Gasteiger partial charge is 0.456 e. The second-order valence-corrected chi connectivity index (χ2v) is 12.0. The molecule has 10 rings (SSSR count). The van der Waals surface area contributed by atoms with Crippen LogP contribution < -0.4 is 0 Å². The van der Waals surface area contributed by atoms with Crippen molar-refractivity contribution in [2.75, 3.05) is 0 Å². The Morgan fingerprint density at radius 1 is 0.489 bits per heavy atom. The fourth-order valence-electron chi connectivity index (χ4n) is 7.37. The molecule has 0 radical (unpaired) electrons. The van der Waals surface area contributed by atoms with Crippen LogP contribution in [0.4, 0.5) is 0 Å². The van der Waals surface area contributed by atoms with E-state index in [4.69, 9.17) is 4.42 Å². The van der Waals surface area contributed by atoms with Crippen molar-refractivity contribution < 1.29 is 4.42 Å². The molecular weight excluding hydrogens is 548 g/mol. The fourth-order valence-corrected chi connectivity index (χ4v) is 7.37. The summed E-state index contributed by atoms with van der Waals surface area (Å²) in [5.74, 6) is 0. The minimum Gasteiger partial charge on any atom is -0.456 e. The van der Waals surface area contributed by atoms with E-state index in [1.165, 1.54) is 66.4 Å². The van der Waals surface area contributed by atoms with Crippen molar-refractivity contribution in [3.8, 4) is 39.2 Å². The standard InChI is InChI=1S/C42H26N2O/c1-3-10-39-34(7-1)36-24-26(27-14-19-42-37(25-27)35-8-2-4-11-41(35)45-42)13-18-40(36)44(39)31-15-17-33-30(23-31)22-29-21-28(12-16-32(29)33)38-9-5-6-20-43-38/h1-21,23-25H,22H2. The van der Waals surface area contributed by atoms with Crippen LogP contribution in [-0.2, 0) is 6.42 Å². The number of aromatic nitrogens is 2. The molecule has 0 atom stereocenters. The Morgan fingerprint density at radius 2 is 1.18 bits per heavy atom. The lowest BCUT2D eigenvalue weighted by Gasteiger charge is -2.11. The Balaban J connectivity index is 1.09. The van der Waals surface area contributed by atoms with Gasteiger partial charge in [0.05, 0.1) is 16.7 Å². The molecule has 0 amide bonds. The number of hydrogen-bond donors (Lipinski definition) is 0. The molecule has 9 aromatic rings. The Kier molecular flexibility index (Phi) is 5.06. The SMILES string of the molecule is c1ccc(-c2ccc3c(c2)Cc2cc(-n4c5ccccc5c5cc(-c6ccc7oc8ccccc8c7c6)ccc54)ccc2-3)nc1. The van der Waals surface area contributed by atoms with Crippen LogP contribution in [0.15, 0.2) is 150 Å². The predicted octanol–water partition coefficient (Wildman–Crippen LogP) is 11.0. The Bertz CT molecular complexity index is 2620. The molecule has 6 aromatic carbocycles. The number of fused-ring (bicyclic) bond motifs is 9. The number of benzene rings is 6. The van der Waals surface area contributed by atoms with Crippen molar-refractivity contribution in [1.29, 1.82) is 0 Å². The molecule has 1 aliphatic carbocycles. The molecule has 0 aliphatic heterocycles. The van der Waals surface area contributed by atoms with Crippen LogP contribution in [0.25, 0.3) is 82.9 Å². The maximum Gasteiger partial charge on any atom is 0.135 e. The molecule has 3 heterocycles. The van der Waals surface area contributed by atoms with Gasteiger partial charge in [0.2, 0.25) is 0 Å². The first-order chi connectivity index (χ1) is 22.3. The number of pyridine rings is 1. The number of hydrogen-bond acceptors (Lipinski definition) is 2. The van der Waals surface area contributed by atoms with E-state index in [0.29, 0.717) is 0 Å². The maximum atomic E-state index is 6.10. The lowest BCUT2D eigenvalue weighted by Crippen LogP contribution is -1.95. The summed E-state index contributed by atoms with van der Waals surface area (Å²) in [6, 6.07) is 50.2. The Labute approximate surface area is 259 Å². The zero-order valence-corrected chi connectivity index (χ0v) is 24.4. The first-order valence-electron chi connectivity index (χ1n) is 15.4. The van der Waals surface area contributed by atoms with Gasteiger partial charge < -0.3 is 8.98 Å². The molecule has 210 valence electrons. The van der Waals surface area contributed by atoms with Crippen molar-refractivity contribution in [2.45, 2.75) is 6.42 Å². The highest BCUT2D eigenvalue weighted by Gasteiger charge is 2.21. The van der Waals surface area contributed by atoms with Gasteiger partial charge in [-0.3, -0.25) is 4.98 Å². The van der Waals surface area contributed by atoms with E-state index in [1.54, 1.807) is 0 Å². The molecule has 3 aromatic heterocycles. The fraction of sp³-hybridized carbons (Fsp3) is 0.0238. The van der Waals surface area contributed by atoms with Crippen molar-refractivity contribution in [1.82, 2.24) is 9.55 Å². The average Bonchev–Trinajstić information content (AvgIpc) is 3.76. The van der Waals surface area contributed by atoms with E-state index >= 15 is 0 Å². The molecule has 1 aliphatic rings. The number of rotatable bonds is 3. The average molecular weight is 575 g/mol. The van der Waals surface area contributed by atoms with E-state index in [1.807, 2.05) is 30.5 Å². The summed E-state index contributed by atoms with van der Waals surface area (Å²) in [4.78, 5) is 4.57. The summed E-state index contributed by atoms with van der Waals surface area (Å²) >= 11 is 0. The number of para-hydroxylation sites is 2. The molecule has 0 unspecified atom stereocenters. The maximum absolute atomic E-state index is 6.10. The summed E-state index contributed by atoms with van der Waals surface area (Å²) in [7, 11) is 0. The van der Waals surface area contributed by atoms with E-state index in [0.717, 1.165) is 34.1 Å². The first-order valence-corrected chi connectivity index (χ1v) is 15.4. The van der Waals surface area contributed by atoms with Crippen LogP contribution in [0.1, 0.15) is 11.1 Å². The molecule has 45 heavy (non-hydrogen) atoms. The van der Waals surface area contributed by atoms with E-state index in [2.05, 4.69) is 125 Å². The third-order valence-corrected chi connectivity index (χ3v) is 9.47. The zero-order chi connectivity index (χ0) is 29.5. The van der Waals surface area contributed by atoms with Gasteiger partial charge in [-0.25, -0.2) is 0 Å². The highest BCUT2D eigenvalue weighted by Crippen LogP contribution is 2.41. The van der Waals surface area contributed by atoms with Crippen molar-refractivity contribution in [3.63, 3.8) is 0 Å². The van der Waals surface area contributed by atoms with Crippen molar-refractivity contribution in [3.05, 3.63) is 157 Å². The van der Waals surface area contributed by atoms with E-state index in [-0.39, 0.29) is 0 Å². The van der Waals surface area contributed by atoms with Crippen molar-refractivity contribution in [2.24, 2.45) is 0 Å². The van der Waals surface area contributed by atoms with Gasteiger partial charge in [0.15, 0.2) is 0 Å². The minimum absolute atomic E-state index is 0.921. The van der Waals surface area contributed by atoms with Gasteiger partial charge in [-0.2, -0.15) is 0 Å². The van der Waals surface area contributed by atoms with Gasteiger partial charge in [0.25, 0.3) is 0 Å². The van der Waals surface area contributed by atoms with Crippen molar-refractivity contribution >= 4 is 43.7 Å². The highest BCUT2D eigenvalue weighted by atomic mass is 16.3. The molecule has 0 spiro atoms. The molecule has 0 saturated heterocycles. The summed E-state index contributed by atoms with van der Waals surface area (Å²) in [5.41, 5.74) is 15.4. The lowest BCUT2D eigenvalue weighted by atomic mass is 10.0. The Hall–Kier alpha value is -5.93. The van der Waals surface area contributed by atoms with Crippen LogP contribution in [-0.4, -0.2) is 9.55 Å². The smallest absolute Gasteiger partial charge is 0.135 e. The van der Waals surface area contributed by atoms with Gasteiger partial charge in [-0.15, -0.1) is 0 Å². The lowest BCUT2D eigenvalue weighted by molar-refractivity contribution is 0.669. The van der Waals surface area contributed by atoms with Gasteiger partial charge in [0, 0.05) is 39.0 Å². The van der Waals surface area contributed by atoms with E-state index in [9.17, 15) is 0 Å². The van der Waals surface area contributed by atoms with Gasteiger partial charge in [0.1, 0.15) is 11.2 Å². The second-order valence-electron chi connectivity index (χ2n) is 12.0. The third kappa shape index (κ3) is 3.68. The summed E-state index contributed by atoms with van der Waals surface area (Å²) in [5, 5.41) is 4.81. The molecule has 0 fully saturated rings. The summed E-state index contributed by atoms with van der Waals surface area (Å²) in [6.45, 7) is 0. The molecule has 3 heteroatoms. The Morgan fingerprint density at radius 3 is 2.07 bits per heavy atom. The van der Waals surface area contributed by atoms with Crippen LogP contribution in [0.2, 0.25) is 0 Å². The third-order valence-electron chi connectivity index (χ3n) is 9.47. The molecule has 0 N–H and O–H groups in total. The molecule has 0 saturated carbocycles. The van der Waals surface area contributed by atoms with Gasteiger partial charge >= 0.3 is 0 Å². The minimum atomic E-state index is 0.921. The van der Waals surface area contributed by atoms with Gasteiger partial charge in [-0.1, -0.05) is 72.8 Å². The first kappa shape index (κ1) is 24.5. The van der Waals surface area contributed by atoms with Crippen LogP contribution in [0.5, 0.6) is 0 Å². The number of furan rings is 1. The topological polar surface area (TPSA) is 31.0 Å².